The third kappa shape index (κ3) is 3.39. The van der Waals surface area contributed by atoms with Crippen LogP contribution in [0.2, 0.25) is 0 Å². The molecule has 3 heterocycles. The van der Waals surface area contributed by atoms with Gasteiger partial charge in [0, 0.05) is 17.4 Å². The summed E-state index contributed by atoms with van der Waals surface area (Å²) in [5, 5.41) is 4.81. The van der Waals surface area contributed by atoms with E-state index in [1.54, 1.807) is 17.9 Å². The van der Waals surface area contributed by atoms with Gasteiger partial charge in [0.05, 0.1) is 11.4 Å². The topological polar surface area (TPSA) is 83.4 Å². The van der Waals surface area contributed by atoms with Crippen LogP contribution in [0.3, 0.4) is 0 Å². The Morgan fingerprint density at radius 3 is 2.67 bits per heavy atom. The number of nitrogens with zero attached hydrogens (tertiary/aromatic N) is 4. The van der Waals surface area contributed by atoms with Crippen LogP contribution in [0.1, 0.15) is 26.8 Å². The molecular weight excluding hydrogens is 362 g/mol. The zero-order chi connectivity index (χ0) is 19.0. The van der Waals surface area contributed by atoms with Gasteiger partial charge in [0.25, 0.3) is 17.2 Å². The second-order valence-corrected chi connectivity index (χ2v) is 7.19. The van der Waals surface area contributed by atoms with E-state index < -0.39 is 0 Å². The number of carbonyl (C=O) groups is 1. The molecule has 0 atom stereocenters. The minimum Gasteiger partial charge on any atom is -0.300 e. The fourth-order valence-corrected chi connectivity index (χ4v) is 3.47. The van der Waals surface area contributed by atoms with E-state index in [0.717, 1.165) is 11.3 Å². The summed E-state index contributed by atoms with van der Waals surface area (Å²) in [6.07, 6.45) is 0. The summed E-state index contributed by atoms with van der Waals surface area (Å²) in [4.78, 5) is 36.1. The van der Waals surface area contributed by atoms with Crippen molar-refractivity contribution >= 4 is 28.7 Å². The smallest absolute Gasteiger partial charge is 0.274 e. The van der Waals surface area contributed by atoms with Crippen molar-refractivity contribution in [2.75, 3.05) is 4.90 Å². The molecule has 4 aromatic rings. The number of aromatic nitrogens is 4. The van der Waals surface area contributed by atoms with Crippen LogP contribution in [0.15, 0.2) is 52.6 Å². The molecule has 0 saturated heterocycles. The summed E-state index contributed by atoms with van der Waals surface area (Å²) in [5.74, 6) is 0.656. The van der Waals surface area contributed by atoms with Gasteiger partial charge in [-0.05, 0) is 37.4 Å². The number of fused-ring (bicyclic) bond motifs is 1. The molecule has 0 fully saturated rings. The highest BCUT2D eigenvalue weighted by atomic mass is 32.1. The summed E-state index contributed by atoms with van der Waals surface area (Å²) in [5.41, 5.74) is 2.24. The molecule has 0 aliphatic heterocycles. The second kappa shape index (κ2) is 6.81. The average molecular weight is 379 g/mol. The minimum absolute atomic E-state index is 0.120. The number of H-pyrrole nitrogens is 1. The molecule has 0 aliphatic rings. The number of hydrogen-bond acceptors (Lipinski definition) is 5. The summed E-state index contributed by atoms with van der Waals surface area (Å²) >= 11 is 1.39. The third-order valence-electron chi connectivity index (χ3n) is 4.14. The van der Waals surface area contributed by atoms with E-state index >= 15 is 0 Å². The Bertz CT molecular complexity index is 1160. The lowest BCUT2D eigenvalue weighted by molar-refractivity contribution is 0.0988. The number of anilines is 1. The first-order valence-corrected chi connectivity index (χ1v) is 9.26. The largest absolute Gasteiger partial charge is 0.300 e. The van der Waals surface area contributed by atoms with E-state index in [0.29, 0.717) is 22.2 Å². The van der Waals surface area contributed by atoms with Crippen LogP contribution >= 0.6 is 11.3 Å². The molecule has 0 radical (unpaired) electrons. The first kappa shape index (κ1) is 17.2. The van der Waals surface area contributed by atoms with Crippen molar-refractivity contribution in [1.29, 1.82) is 0 Å². The lowest BCUT2D eigenvalue weighted by Gasteiger charge is -2.21. The van der Waals surface area contributed by atoms with E-state index in [2.05, 4.69) is 15.1 Å². The number of rotatable bonds is 4. The maximum atomic E-state index is 13.0. The van der Waals surface area contributed by atoms with E-state index in [4.69, 9.17) is 0 Å². The molecular formula is C19H17N5O2S. The van der Waals surface area contributed by atoms with Gasteiger partial charge in [-0.3, -0.25) is 14.7 Å². The molecule has 0 saturated carbocycles. The van der Waals surface area contributed by atoms with Crippen LogP contribution < -0.4 is 10.5 Å². The molecule has 1 amide bonds. The number of benzene rings is 1. The van der Waals surface area contributed by atoms with Crippen molar-refractivity contribution < 1.29 is 4.79 Å². The third-order valence-corrected chi connectivity index (χ3v) is 4.99. The first-order chi connectivity index (χ1) is 13.0. The van der Waals surface area contributed by atoms with Crippen LogP contribution in [0.4, 0.5) is 5.69 Å². The Morgan fingerprint density at radius 2 is 1.96 bits per heavy atom. The molecule has 1 N–H and O–H groups in total. The van der Waals surface area contributed by atoms with Gasteiger partial charge >= 0.3 is 0 Å². The zero-order valence-corrected chi connectivity index (χ0v) is 15.7. The Balaban J connectivity index is 1.75. The molecule has 0 aliphatic carbocycles. The molecule has 7 nitrogen and oxygen atoms in total. The zero-order valence-electron chi connectivity index (χ0n) is 14.8. The van der Waals surface area contributed by atoms with Gasteiger partial charge in [-0.15, -0.1) is 11.3 Å². The molecule has 0 bridgehead atoms. The fourth-order valence-electron chi connectivity index (χ4n) is 2.80. The van der Waals surface area contributed by atoms with Crippen molar-refractivity contribution in [3.63, 3.8) is 0 Å². The summed E-state index contributed by atoms with van der Waals surface area (Å²) in [6.45, 7) is 3.94. The predicted octanol–water partition coefficient (Wildman–Crippen LogP) is 2.94. The molecule has 3 aromatic heterocycles. The Hall–Kier alpha value is -3.26. The van der Waals surface area contributed by atoms with Crippen LogP contribution in [0.5, 0.6) is 0 Å². The van der Waals surface area contributed by atoms with Crippen molar-refractivity contribution in [1.82, 2.24) is 19.6 Å². The van der Waals surface area contributed by atoms with Crippen molar-refractivity contribution in [3.8, 4) is 0 Å². The number of thiophene rings is 1. The number of hydrogen-bond donors (Lipinski definition) is 1. The molecule has 8 heteroatoms. The molecule has 4 rings (SSSR count). The number of aryl methyl sites for hydroxylation is 2. The van der Waals surface area contributed by atoms with Crippen molar-refractivity contribution in [2.45, 2.75) is 20.4 Å². The molecule has 0 spiro atoms. The normalized spacial score (nSPS) is 11.0. The summed E-state index contributed by atoms with van der Waals surface area (Å²) in [7, 11) is 0. The van der Waals surface area contributed by atoms with Gasteiger partial charge in [-0.1, -0.05) is 23.8 Å². The maximum Gasteiger partial charge on any atom is 0.274 e. The Kier molecular flexibility index (Phi) is 4.33. The summed E-state index contributed by atoms with van der Waals surface area (Å²) < 4.78 is 1.28. The predicted molar refractivity (Wildman–Crippen MR) is 104 cm³/mol. The van der Waals surface area contributed by atoms with E-state index in [-0.39, 0.29) is 18.0 Å². The van der Waals surface area contributed by atoms with Gasteiger partial charge in [0.1, 0.15) is 5.82 Å². The monoisotopic (exact) mass is 379 g/mol. The molecule has 27 heavy (non-hydrogen) atoms. The van der Waals surface area contributed by atoms with Crippen LogP contribution in [-0.4, -0.2) is 25.5 Å². The van der Waals surface area contributed by atoms with Crippen LogP contribution in [0.25, 0.3) is 5.78 Å². The van der Waals surface area contributed by atoms with Crippen LogP contribution in [-0.2, 0) is 6.54 Å². The number of nitrogens with one attached hydrogen (secondary N) is 1. The fraction of sp³-hybridized carbons (Fsp3) is 0.158. The van der Waals surface area contributed by atoms with E-state index in [1.165, 1.54) is 21.9 Å². The number of carbonyl (C=O) groups excluding carboxylic acids is 1. The van der Waals surface area contributed by atoms with Gasteiger partial charge in [-0.2, -0.15) is 9.50 Å². The average Bonchev–Trinajstić information content (AvgIpc) is 3.29. The number of amides is 1. The van der Waals surface area contributed by atoms with E-state index in [9.17, 15) is 9.59 Å². The Labute approximate surface area is 158 Å². The van der Waals surface area contributed by atoms with Gasteiger partial charge < -0.3 is 4.90 Å². The van der Waals surface area contributed by atoms with Gasteiger partial charge in [0.2, 0.25) is 0 Å². The molecule has 0 unspecified atom stereocenters. The summed E-state index contributed by atoms with van der Waals surface area (Å²) in [6, 6.07) is 12.8. The van der Waals surface area contributed by atoms with E-state index in [1.807, 2.05) is 42.6 Å². The van der Waals surface area contributed by atoms with Crippen molar-refractivity contribution in [3.05, 3.63) is 80.2 Å². The lowest BCUT2D eigenvalue weighted by atomic mass is 10.2. The SMILES string of the molecule is Cc1ccc(N(Cc2nc3nc(C)cc(=O)n3[nH]2)C(=O)c2cccs2)cc1. The van der Waals surface area contributed by atoms with Crippen LogP contribution in [0, 0.1) is 13.8 Å². The van der Waals surface area contributed by atoms with Gasteiger partial charge in [-0.25, -0.2) is 4.98 Å². The highest BCUT2D eigenvalue weighted by Gasteiger charge is 2.21. The molecule has 1 aromatic carbocycles. The lowest BCUT2D eigenvalue weighted by Crippen LogP contribution is -2.30. The highest BCUT2D eigenvalue weighted by molar-refractivity contribution is 7.12. The van der Waals surface area contributed by atoms with Crippen molar-refractivity contribution in [2.24, 2.45) is 0 Å². The Morgan fingerprint density at radius 1 is 1.19 bits per heavy atom. The second-order valence-electron chi connectivity index (χ2n) is 6.25. The highest BCUT2D eigenvalue weighted by Crippen LogP contribution is 2.22. The van der Waals surface area contributed by atoms with Gasteiger partial charge in [0.15, 0.2) is 0 Å². The quantitative estimate of drug-likeness (QED) is 0.591. The minimum atomic E-state index is -0.234. The molecule has 136 valence electrons. The maximum absolute atomic E-state index is 13.0. The first-order valence-electron chi connectivity index (χ1n) is 8.38. The number of aromatic amines is 1. The standard InChI is InChI=1S/C19H17N5O2S/c1-12-5-7-14(8-6-12)23(18(26)15-4-3-9-27-15)11-16-21-19-20-13(2)10-17(25)24(19)22-16/h3-10H,11H2,1-2H3,(H,20,21,22).